The fraction of sp³-hybridized carbons (Fsp3) is 0.360. The summed E-state index contributed by atoms with van der Waals surface area (Å²) >= 11 is 6.02. The van der Waals surface area contributed by atoms with Crippen LogP contribution < -0.4 is 5.56 Å². The molecule has 0 bridgehead atoms. The fourth-order valence-electron chi connectivity index (χ4n) is 4.53. The lowest BCUT2D eigenvalue weighted by Crippen LogP contribution is -2.38. The van der Waals surface area contributed by atoms with Crippen molar-refractivity contribution in [2.45, 2.75) is 39.2 Å². The number of carbonyl (C=O) groups is 1. The second-order valence-corrected chi connectivity index (χ2v) is 9.29. The number of piperidine rings is 1. The van der Waals surface area contributed by atoms with Gasteiger partial charge in [0.05, 0.1) is 17.4 Å². The molecule has 0 radical (unpaired) electrons. The van der Waals surface area contributed by atoms with E-state index in [1.807, 2.05) is 57.8 Å². The van der Waals surface area contributed by atoms with E-state index in [9.17, 15) is 9.59 Å². The number of hydrogen-bond acceptors (Lipinski definition) is 4. The molecule has 33 heavy (non-hydrogen) atoms. The summed E-state index contributed by atoms with van der Waals surface area (Å²) in [5.74, 6) is 1.99. The lowest BCUT2D eigenvalue weighted by Gasteiger charge is -2.30. The van der Waals surface area contributed by atoms with Crippen molar-refractivity contribution in [1.82, 2.24) is 24.1 Å². The van der Waals surface area contributed by atoms with Gasteiger partial charge in [-0.3, -0.25) is 18.6 Å². The summed E-state index contributed by atoms with van der Waals surface area (Å²) in [4.78, 5) is 28.1. The topological polar surface area (TPSA) is 72.5 Å². The fourth-order valence-corrected chi connectivity index (χ4v) is 4.65. The highest BCUT2D eigenvalue weighted by Gasteiger charge is 2.22. The molecule has 0 N–H and O–H groups in total. The van der Waals surface area contributed by atoms with Gasteiger partial charge in [0, 0.05) is 31.0 Å². The number of hydrogen-bond donors (Lipinski definition) is 0. The number of para-hydroxylation sites is 1. The van der Waals surface area contributed by atoms with Gasteiger partial charge in [0.25, 0.3) is 5.56 Å². The molecule has 1 aliphatic rings. The number of likely N-dealkylation sites (tertiary alicyclic amines) is 1. The lowest BCUT2D eigenvalue weighted by molar-refractivity contribution is -0.132. The molecule has 1 fully saturated rings. The molecule has 5 rings (SSSR count). The van der Waals surface area contributed by atoms with Crippen molar-refractivity contribution < 1.29 is 4.79 Å². The van der Waals surface area contributed by atoms with Crippen LogP contribution in [0.4, 0.5) is 0 Å². The third-order valence-corrected chi connectivity index (χ3v) is 6.78. The van der Waals surface area contributed by atoms with Crippen LogP contribution in [-0.4, -0.2) is 43.1 Å². The van der Waals surface area contributed by atoms with Crippen LogP contribution in [-0.2, 0) is 17.8 Å². The molecule has 1 saturated heterocycles. The van der Waals surface area contributed by atoms with Crippen LogP contribution in [0.25, 0.3) is 16.7 Å². The second kappa shape index (κ2) is 8.98. The zero-order chi connectivity index (χ0) is 22.9. The summed E-state index contributed by atoms with van der Waals surface area (Å²) in [6, 6.07) is 14.9. The van der Waals surface area contributed by atoms with Gasteiger partial charge in [-0.1, -0.05) is 42.8 Å². The molecule has 170 valence electrons. The Morgan fingerprint density at radius 1 is 1.06 bits per heavy atom. The van der Waals surface area contributed by atoms with E-state index >= 15 is 0 Å². The number of aromatic nitrogens is 4. The predicted molar refractivity (Wildman–Crippen MR) is 129 cm³/mol. The summed E-state index contributed by atoms with van der Waals surface area (Å²) in [5, 5.41) is 10.0. The van der Waals surface area contributed by atoms with Gasteiger partial charge in [-0.2, -0.15) is 0 Å². The van der Waals surface area contributed by atoms with Crippen LogP contribution in [0.5, 0.6) is 0 Å². The maximum atomic E-state index is 13.3. The molecule has 4 aromatic rings. The first-order chi connectivity index (χ1) is 16.0. The average molecular weight is 464 g/mol. The zero-order valence-corrected chi connectivity index (χ0v) is 19.3. The lowest BCUT2D eigenvalue weighted by atomic mass is 9.99. The molecule has 1 aliphatic heterocycles. The molecule has 8 heteroatoms. The maximum absolute atomic E-state index is 13.3. The largest absolute Gasteiger partial charge is 0.343 e. The van der Waals surface area contributed by atoms with Crippen LogP contribution in [0.1, 0.15) is 37.6 Å². The standard InChI is InChI=1S/C25H26ClN5O2/c1-17-12-14-29(15-13-17)23(32)11-10-22-27-28-25-30(16-18-6-8-19(26)9-7-18)24(33)20-4-2-3-5-21(20)31(22)25/h2-9,17H,10-16H2,1H3. The van der Waals surface area contributed by atoms with Gasteiger partial charge in [0.1, 0.15) is 5.82 Å². The molecule has 0 atom stereocenters. The summed E-state index contributed by atoms with van der Waals surface area (Å²) in [6.07, 6.45) is 2.96. The van der Waals surface area contributed by atoms with Gasteiger partial charge in [-0.15, -0.1) is 10.2 Å². The SMILES string of the molecule is CC1CCN(C(=O)CCc2nnc3n(Cc4ccc(Cl)cc4)c(=O)c4ccccc4n23)CC1. The molecular formula is C25H26ClN5O2. The number of carbonyl (C=O) groups excluding carboxylic acids is 1. The van der Waals surface area contributed by atoms with Crippen LogP contribution in [0.15, 0.2) is 53.3 Å². The first-order valence-electron chi connectivity index (χ1n) is 11.4. The van der Waals surface area contributed by atoms with E-state index in [0.29, 0.717) is 47.3 Å². The highest BCUT2D eigenvalue weighted by Crippen LogP contribution is 2.19. The molecular weight excluding hydrogens is 438 g/mol. The van der Waals surface area contributed by atoms with Gasteiger partial charge >= 0.3 is 0 Å². The molecule has 2 aromatic carbocycles. The minimum absolute atomic E-state index is 0.120. The van der Waals surface area contributed by atoms with Crippen molar-refractivity contribution in [2.75, 3.05) is 13.1 Å². The van der Waals surface area contributed by atoms with E-state index in [-0.39, 0.29) is 11.5 Å². The Balaban J connectivity index is 1.50. The van der Waals surface area contributed by atoms with E-state index in [1.165, 1.54) is 0 Å². The number of fused-ring (bicyclic) bond motifs is 3. The van der Waals surface area contributed by atoms with Crippen LogP contribution in [0, 0.1) is 5.92 Å². The van der Waals surface area contributed by atoms with Gasteiger partial charge in [0.2, 0.25) is 11.7 Å². The Kier molecular flexibility index (Phi) is 5.89. The van der Waals surface area contributed by atoms with Gasteiger partial charge in [-0.05, 0) is 48.6 Å². The first kappa shape index (κ1) is 21.6. The molecule has 0 saturated carbocycles. The Morgan fingerprint density at radius 3 is 2.55 bits per heavy atom. The van der Waals surface area contributed by atoms with Crippen molar-refractivity contribution in [1.29, 1.82) is 0 Å². The molecule has 1 amide bonds. The number of amides is 1. The van der Waals surface area contributed by atoms with Crippen molar-refractivity contribution in [3.05, 3.63) is 75.3 Å². The monoisotopic (exact) mass is 463 g/mol. The molecule has 0 aliphatic carbocycles. The smallest absolute Gasteiger partial charge is 0.263 e. The minimum Gasteiger partial charge on any atom is -0.343 e. The minimum atomic E-state index is -0.120. The summed E-state index contributed by atoms with van der Waals surface area (Å²) in [5.41, 5.74) is 1.58. The Hall–Kier alpha value is -3.19. The van der Waals surface area contributed by atoms with Crippen molar-refractivity contribution in [2.24, 2.45) is 5.92 Å². The zero-order valence-electron chi connectivity index (χ0n) is 18.6. The number of nitrogens with zero attached hydrogens (tertiary/aromatic N) is 5. The van der Waals surface area contributed by atoms with Gasteiger partial charge < -0.3 is 4.90 Å². The van der Waals surface area contributed by atoms with Crippen molar-refractivity contribution in [3.8, 4) is 0 Å². The average Bonchev–Trinajstić information content (AvgIpc) is 3.26. The molecule has 7 nitrogen and oxygen atoms in total. The number of benzene rings is 2. The third kappa shape index (κ3) is 4.25. The predicted octanol–water partition coefficient (Wildman–Crippen LogP) is 3.94. The van der Waals surface area contributed by atoms with Gasteiger partial charge in [0.15, 0.2) is 0 Å². The molecule has 3 heterocycles. The summed E-state index contributed by atoms with van der Waals surface area (Å²) < 4.78 is 3.55. The third-order valence-electron chi connectivity index (χ3n) is 6.53. The van der Waals surface area contributed by atoms with Crippen LogP contribution >= 0.6 is 11.6 Å². The van der Waals surface area contributed by atoms with Crippen molar-refractivity contribution >= 4 is 34.2 Å². The maximum Gasteiger partial charge on any atom is 0.263 e. The number of halogens is 1. The summed E-state index contributed by atoms with van der Waals surface area (Å²) in [7, 11) is 0. The number of rotatable bonds is 5. The highest BCUT2D eigenvalue weighted by molar-refractivity contribution is 6.30. The Labute approximate surface area is 196 Å². The molecule has 0 spiro atoms. The number of aryl methyl sites for hydroxylation is 1. The van der Waals surface area contributed by atoms with E-state index < -0.39 is 0 Å². The quantitative estimate of drug-likeness (QED) is 0.449. The van der Waals surface area contributed by atoms with Gasteiger partial charge in [-0.25, -0.2) is 0 Å². The Morgan fingerprint density at radius 2 is 1.79 bits per heavy atom. The molecule has 2 aromatic heterocycles. The normalized spacial score (nSPS) is 14.9. The van der Waals surface area contributed by atoms with E-state index in [4.69, 9.17) is 11.6 Å². The van der Waals surface area contributed by atoms with E-state index in [1.54, 1.807) is 4.57 Å². The Bertz CT molecular complexity index is 1370. The molecule has 0 unspecified atom stereocenters. The highest BCUT2D eigenvalue weighted by atomic mass is 35.5. The van der Waals surface area contributed by atoms with Crippen LogP contribution in [0.2, 0.25) is 5.02 Å². The van der Waals surface area contributed by atoms with E-state index in [2.05, 4.69) is 17.1 Å². The van der Waals surface area contributed by atoms with E-state index in [0.717, 1.165) is 37.0 Å². The second-order valence-electron chi connectivity index (χ2n) is 8.85. The van der Waals surface area contributed by atoms with Crippen LogP contribution in [0.3, 0.4) is 0 Å². The summed E-state index contributed by atoms with van der Waals surface area (Å²) in [6.45, 7) is 4.24. The van der Waals surface area contributed by atoms with Crippen molar-refractivity contribution in [3.63, 3.8) is 0 Å². The first-order valence-corrected chi connectivity index (χ1v) is 11.8.